The van der Waals surface area contributed by atoms with Gasteiger partial charge >= 0.3 is 0 Å². The molecule has 1 aromatic carbocycles. The summed E-state index contributed by atoms with van der Waals surface area (Å²) >= 11 is 0. The van der Waals surface area contributed by atoms with Crippen LogP contribution in [0.15, 0.2) is 24.5 Å². The van der Waals surface area contributed by atoms with E-state index in [0.717, 1.165) is 23.5 Å². The molecular weight excluding hydrogens is 267 g/mol. The van der Waals surface area contributed by atoms with E-state index in [1.165, 1.54) is 12.4 Å². The Balaban J connectivity index is 2.47. The molecule has 112 valence electrons. The Labute approximate surface area is 124 Å². The fraction of sp³-hybridized carbons (Fsp3) is 0.375. The van der Waals surface area contributed by atoms with Crippen molar-refractivity contribution in [3.63, 3.8) is 0 Å². The molecule has 5 heteroatoms. The van der Waals surface area contributed by atoms with E-state index < -0.39 is 0 Å². The van der Waals surface area contributed by atoms with E-state index in [0.29, 0.717) is 11.5 Å². The molecule has 0 aliphatic heterocycles. The van der Waals surface area contributed by atoms with Crippen molar-refractivity contribution < 1.29 is 4.39 Å². The van der Waals surface area contributed by atoms with Crippen molar-refractivity contribution >= 4 is 17.3 Å². The Morgan fingerprint density at radius 3 is 2.52 bits per heavy atom. The molecule has 0 spiro atoms. The summed E-state index contributed by atoms with van der Waals surface area (Å²) in [6, 6.07) is 5.01. The molecule has 0 unspecified atom stereocenters. The van der Waals surface area contributed by atoms with E-state index in [1.807, 2.05) is 19.9 Å². The minimum absolute atomic E-state index is 0.217. The molecule has 0 radical (unpaired) electrons. The summed E-state index contributed by atoms with van der Waals surface area (Å²) in [5, 5.41) is 6.35. The van der Waals surface area contributed by atoms with Crippen molar-refractivity contribution in [2.45, 2.75) is 33.6 Å². The van der Waals surface area contributed by atoms with Gasteiger partial charge in [-0.2, -0.15) is 0 Å². The van der Waals surface area contributed by atoms with Gasteiger partial charge in [0.05, 0.1) is 5.69 Å². The van der Waals surface area contributed by atoms with E-state index in [4.69, 9.17) is 0 Å². The van der Waals surface area contributed by atoms with Crippen molar-refractivity contribution in [1.82, 2.24) is 9.97 Å². The van der Waals surface area contributed by atoms with Gasteiger partial charge in [0.25, 0.3) is 0 Å². The van der Waals surface area contributed by atoms with Gasteiger partial charge in [-0.1, -0.05) is 26.0 Å². The Hall–Kier alpha value is -2.17. The third kappa shape index (κ3) is 3.29. The van der Waals surface area contributed by atoms with Crippen LogP contribution in [0.4, 0.5) is 21.7 Å². The van der Waals surface area contributed by atoms with Crippen LogP contribution in [0.5, 0.6) is 0 Å². The van der Waals surface area contributed by atoms with Gasteiger partial charge in [-0.15, -0.1) is 0 Å². The fourth-order valence-electron chi connectivity index (χ4n) is 2.26. The van der Waals surface area contributed by atoms with E-state index in [-0.39, 0.29) is 11.7 Å². The van der Waals surface area contributed by atoms with Crippen molar-refractivity contribution in [2.24, 2.45) is 0 Å². The highest BCUT2D eigenvalue weighted by Crippen LogP contribution is 2.31. The molecule has 2 N–H and O–H groups in total. The molecule has 0 aliphatic carbocycles. The summed E-state index contributed by atoms with van der Waals surface area (Å²) in [7, 11) is 0. The zero-order valence-electron chi connectivity index (χ0n) is 12.9. The molecule has 4 nitrogen and oxygen atoms in total. The second-order valence-electron chi connectivity index (χ2n) is 5.23. The number of halogens is 1. The Morgan fingerprint density at radius 2 is 1.90 bits per heavy atom. The summed E-state index contributed by atoms with van der Waals surface area (Å²) in [6.07, 6.45) is 1.49. The average Bonchev–Trinajstić information content (AvgIpc) is 2.43. The molecule has 0 bridgehead atoms. The minimum atomic E-state index is -0.284. The van der Waals surface area contributed by atoms with Crippen LogP contribution in [-0.2, 0) is 0 Å². The molecule has 1 aromatic heterocycles. The van der Waals surface area contributed by atoms with Gasteiger partial charge in [0.1, 0.15) is 23.8 Å². The number of anilines is 3. The predicted octanol–water partition coefficient (Wildman–Crippen LogP) is 4.22. The van der Waals surface area contributed by atoms with Gasteiger partial charge in [-0.25, -0.2) is 14.4 Å². The van der Waals surface area contributed by atoms with E-state index >= 15 is 0 Å². The van der Waals surface area contributed by atoms with E-state index in [2.05, 4.69) is 34.4 Å². The van der Waals surface area contributed by atoms with Gasteiger partial charge in [0, 0.05) is 12.1 Å². The molecular formula is C16H21FN4. The molecule has 0 fully saturated rings. The predicted molar refractivity (Wildman–Crippen MR) is 84.7 cm³/mol. The van der Waals surface area contributed by atoms with E-state index in [1.54, 1.807) is 6.07 Å². The van der Waals surface area contributed by atoms with Gasteiger partial charge in [-0.05, 0) is 31.4 Å². The molecule has 1 heterocycles. The van der Waals surface area contributed by atoms with Gasteiger partial charge < -0.3 is 10.6 Å². The summed E-state index contributed by atoms with van der Waals surface area (Å²) in [5.41, 5.74) is 2.26. The van der Waals surface area contributed by atoms with E-state index in [9.17, 15) is 4.39 Å². The molecule has 0 saturated carbocycles. The maximum atomic E-state index is 14.0. The van der Waals surface area contributed by atoms with Crippen LogP contribution < -0.4 is 10.6 Å². The third-order valence-electron chi connectivity index (χ3n) is 3.27. The number of para-hydroxylation sites is 1. The number of nitrogens with one attached hydrogen (secondary N) is 2. The first-order chi connectivity index (χ1) is 10.0. The second kappa shape index (κ2) is 6.52. The van der Waals surface area contributed by atoms with Crippen molar-refractivity contribution in [2.75, 3.05) is 17.2 Å². The second-order valence-corrected chi connectivity index (χ2v) is 5.23. The fourth-order valence-corrected chi connectivity index (χ4v) is 2.26. The van der Waals surface area contributed by atoms with Crippen LogP contribution in [0.3, 0.4) is 0 Å². The molecule has 2 rings (SSSR count). The van der Waals surface area contributed by atoms with Crippen LogP contribution in [-0.4, -0.2) is 16.5 Å². The average molecular weight is 288 g/mol. The number of hydrogen-bond acceptors (Lipinski definition) is 4. The number of benzene rings is 1. The first-order valence-corrected chi connectivity index (χ1v) is 7.15. The normalized spacial score (nSPS) is 10.8. The minimum Gasteiger partial charge on any atom is -0.370 e. The summed E-state index contributed by atoms with van der Waals surface area (Å²) in [5.74, 6) is 1.37. The van der Waals surface area contributed by atoms with Crippen LogP contribution in [0.25, 0.3) is 0 Å². The maximum absolute atomic E-state index is 14.0. The zero-order valence-corrected chi connectivity index (χ0v) is 12.9. The Morgan fingerprint density at radius 1 is 1.19 bits per heavy atom. The van der Waals surface area contributed by atoms with Crippen molar-refractivity contribution in [3.05, 3.63) is 41.5 Å². The lowest BCUT2D eigenvalue weighted by molar-refractivity contribution is 0.630. The molecule has 0 amide bonds. The van der Waals surface area contributed by atoms with Crippen molar-refractivity contribution in [3.8, 4) is 0 Å². The van der Waals surface area contributed by atoms with Crippen LogP contribution >= 0.6 is 0 Å². The third-order valence-corrected chi connectivity index (χ3v) is 3.27. The van der Waals surface area contributed by atoms with Gasteiger partial charge in [-0.3, -0.25) is 0 Å². The van der Waals surface area contributed by atoms with Crippen LogP contribution in [0.2, 0.25) is 0 Å². The number of nitrogens with zero attached hydrogens (tertiary/aromatic N) is 2. The molecule has 0 saturated heterocycles. The maximum Gasteiger partial charge on any atom is 0.146 e. The number of aryl methyl sites for hydroxylation is 1. The zero-order chi connectivity index (χ0) is 15.4. The van der Waals surface area contributed by atoms with Gasteiger partial charge in [0.15, 0.2) is 0 Å². The number of rotatable bonds is 5. The molecule has 2 aromatic rings. The Bertz CT molecular complexity index is 605. The van der Waals surface area contributed by atoms with Crippen LogP contribution in [0, 0.1) is 12.7 Å². The van der Waals surface area contributed by atoms with Gasteiger partial charge in [0.2, 0.25) is 0 Å². The summed E-state index contributed by atoms with van der Waals surface area (Å²) in [4.78, 5) is 8.57. The Kier molecular flexibility index (Phi) is 4.73. The molecule has 0 atom stereocenters. The highest BCUT2D eigenvalue weighted by atomic mass is 19.1. The first-order valence-electron chi connectivity index (χ1n) is 7.15. The van der Waals surface area contributed by atoms with Crippen molar-refractivity contribution in [1.29, 1.82) is 0 Å². The summed E-state index contributed by atoms with van der Waals surface area (Å²) < 4.78 is 14.0. The SMILES string of the molecule is CCNc1ncnc(Nc2c(C)cccc2F)c1C(C)C. The first kappa shape index (κ1) is 15.2. The summed E-state index contributed by atoms with van der Waals surface area (Å²) in [6.45, 7) is 8.79. The molecule has 0 aliphatic rings. The monoisotopic (exact) mass is 288 g/mol. The highest BCUT2D eigenvalue weighted by molar-refractivity contribution is 5.68. The van der Waals surface area contributed by atoms with Crippen LogP contribution in [0.1, 0.15) is 37.8 Å². The number of aromatic nitrogens is 2. The number of hydrogen-bond donors (Lipinski definition) is 2. The quantitative estimate of drug-likeness (QED) is 0.864. The lowest BCUT2D eigenvalue weighted by Crippen LogP contribution is -2.10. The standard InChI is InChI=1S/C16H21FN4/c1-5-18-15-13(10(2)3)16(20-9-19-15)21-14-11(4)7-6-8-12(14)17/h6-10H,5H2,1-4H3,(H2,18,19,20,21). The lowest BCUT2D eigenvalue weighted by Gasteiger charge is -2.18. The largest absolute Gasteiger partial charge is 0.370 e. The smallest absolute Gasteiger partial charge is 0.146 e. The topological polar surface area (TPSA) is 49.8 Å². The molecule has 21 heavy (non-hydrogen) atoms. The lowest BCUT2D eigenvalue weighted by atomic mass is 10.0. The highest BCUT2D eigenvalue weighted by Gasteiger charge is 2.16.